The molecule has 28 heavy (non-hydrogen) atoms. The van der Waals surface area contributed by atoms with Crippen LogP contribution in [0.2, 0.25) is 0 Å². The molecule has 0 aliphatic heterocycles. The van der Waals surface area contributed by atoms with E-state index < -0.39 is 10.0 Å². The van der Waals surface area contributed by atoms with Crippen LogP contribution in [0.5, 0.6) is 5.88 Å². The van der Waals surface area contributed by atoms with Crippen molar-refractivity contribution in [3.8, 4) is 5.88 Å². The number of carbonyl (C=O) groups excluding carboxylic acids is 1. The van der Waals surface area contributed by atoms with Crippen molar-refractivity contribution < 1.29 is 17.9 Å². The van der Waals surface area contributed by atoms with Crippen molar-refractivity contribution in [2.75, 3.05) is 13.7 Å². The highest BCUT2D eigenvalue weighted by atomic mass is 32.2. The Balaban J connectivity index is 1.43. The molecule has 1 saturated carbocycles. The molecular weight excluding hydrogens is 380 g/mol. The van der Waals surface area contributed by atoms with Gasteiger partial charge in [-0.05, 0) is 49.1 Å². The summed E-state index contributed by atoms with van der Waals surface area (Å²) in [4.78, 5) is 16.4. The molecule has 3 rings (SSSR count). The van der Waals surface area contributed by atoms with Crippen LogP contribution in [0.3, 0.4) is 0 Å². The molecule has 1 aromatic carbocycles. The summed E-state index contributed by atoms with van der Waals surface area (Å²) in [5.41, 5.74) is 1.54. The van der Waals surface area contributed by atoms with Gasteiger partial charge in [-0.25, -0.2) is 22.9 Å². The summed E-state index contributed by atoms with van der Waals surface area (Å²) < 4.78 is 31.5. The standard InChI is InChI=1S/C19H24N4O4S/c1-20-28(25,26)17-4-2-3-15(9-17)10-22-19(24)23-12-16-7-8-18(21-11-16)27-13-14-5-6-14/h2-4,7-9,11,14,20H,5-6,10,12-13H2,1H3,(H2,22,23,24). The highest BCUT2D eigenvalue weighted by molar-refractivity contribution is 7.89. The monoisotopic (exact) mass is 404 g/mol. The second-order valence-corrected chi connectivity index (χ2v) is 8.54. The Labute approximate surface area is 164 Å². The molecular formula is C19H24N4O4S. The third-order valence-corrected chi connectivity index (χ3v) is 5.76. The van der Waals surface area contributed by atoms with E-state index in [1.54, 1.807) is 24.4 Å². The van der Waals surface area contributed by atoms with Gasteiger partial charge in [-0.15, -0.1) is 0 Å². The van der Waals surface area contributed by atoms with Gasteiger partial charge in [0.15, 0.2) is 0 Å². The third kappa shape index (κ3) is 5.93. The van der Waals surface area contributed by atoms with Crippen LogP contribution in [0.4, 0.5) is 4.79 Å². The van der Waals surface area contributed by atoms with Crippen molar-refractivity contribution in [2.45, 2.75) is 30.8 Å². The lowest BCUT2D eigenvalue weighted by atomic mass is 10.2. The van der Waals surface area contributed by atoms with Gasteiger partial charge in [-0.3, -0.25) is 0 Å². The van der Waals surface area contributed by atoms with Crippen molar-refractivity contribution in [3.05, 3.63) is 53.7 Å². The number of benzene rings is 1. The van der Waals surface area contributed by atoms with Gasteiger partial charge in [0, 0.05) is 25.4 Å². The van der Waals surface area contributed by atoms with Crippen LogP contribution in [0.1, 0.15) is 24.0 Å². The number of nitrogens with one attached hydrogen (secondary N) is 3. The van der Waals surface area contributed by atoms with E-state index in [0.717, 1.165) is 5.56 Å². The van der Waals surface area contributed by atoms with Gasteiger partial charge in [0.2, 0.25) is 15.9 Å². The molecule has 0 atom stereocenters. The van der Waals surface area contributed by atoms with Gasteiger partial charge in [0.05, 0.1) is 11.5 Å². The molecule has 0 spiro atoms. The van der Waals surface area contributed by atoms with Crippen molar-refractivity contribution >= 4 is 16.1 Å². The SMILES string of the molecule is CNS(=O)(=O)c1cccc(CNC(=O)NCc2ccc(OCC3CC3)nc2)c1. The molecule has 3 N–H and O–H groups in total. The minimum Gasteiger partial charge on any atom is -0.477 e. The number of hydrogen-bond acceptors (Lipinski definition) is 5. The van der Waals surface area contributed by atoms with Crippen LogP contribution in [0.15, 0.2) is 47.5 Å². The van der Waals surface area contributed by atoms with Crippen LogP contribution in [0.25, 0.3) is 0 Å². The number of ether oxygens (including phenoxy) is 1. The number of nitrogens with zero attached hydrogens (tertiary/aromatic N) is 1. The lowest BCUT2D eigenvalue weighted by molar-refractivity contribution is 0.240. The smallest absolute Gasteiger partial charge is 0.315 e. The second-order valence-electron chi connectivity index (χ2n) is 6.65. The van der Waals surface area contributed by atoms with Gasteiger partial charge in [-0.1, -0.05) is 18.2 Å². The normalized spacial score (nSPS) is 13.8. The maximum atomic E-state index is 12.0. The molecule has 150 valence electrons. The largest absolute Gasteiger partial charge is 0.477 e. The predicted molar refractivity (Wildman–Crippen MR) is 104 cm³/mol. The predicted octanol–water partition coefficient (Wildman–Crippen LogP) is 1.78. The average Bonchev–Trinajstić information content (AvgIpc) is 3.54. The Morgan fingerprint density at radius 1 is 1.14 bits per heavy atom. The first-order valence-corrected chi connectivity index (χ1v) is 10.6. The number of urea groups is 1. The molecule has 0 saturated heterocycles. The molecule has 0 bridgehead atoms. The van der Waals surface area contributed by atoms with E-state index in [-0.39, 0.29) is 17.5 Å². The Hall–Kier alpha value is -2.65. The lowest BCUT2D eigenvalue weighted by Gasteiger charge is -2.09. The fourth-order valence-electron chi connectivity index (χ4n) is 2.46. The fraction of sp³-hybridized carbons (Fsp3) is 0.368. The minimum atomic E-state index is -3.51. The van der Waals surface area contributed by atoms with Gasteiger partial charge in [0.25, 0.3) is 0 Å². The zero-order valence-electron chi connectivity index (χ0n) is 15.6. The van der Waals surface area contributed by atoms with Crippen LogP contribution in [-0.2, 0) is 23.1 Å². The fourth-order valence-corrected chi connectivity index (χ4v) is 3.26. The number of amides is 2. The minimum absolute atomic E-state index is 0.157. The van der Waals surface area contributed by atoms with E-state index in [1.165, 1.54) is 32.0 Å². The van der Waals surface area contributed by atoms with Gasteiger partial charge < -0.3 is 15.4 Å². The van der Waals surface area contributed by atoms with E-state index in [2.05, 4.69) is 20.3 Å². The van der Waals surface area contributed by atoms with Crippen molar-refractivity contribution in [1.82, 2.24) is 20.3 Å². The molecule has 0 radical (unpaired) electrons. The zero-order valence-corrected chi connectivity index (χ0v) is 16.5. The quantitative estimate of drug-likeness (QED) is 0.590. The summed E-state index contributed by atoms with van der Waals surface area (Å²) in [5.74, 6) is 1.27. The molecule has 1 fully saturated rings. The van der Waals surface area contributed by atoms with E-state index >= 15 is 0 Å². The maximum Gasteiger partial charge on any atom is 0.315 e. The first-order chi connectivity index (χ1) is 13.5. The third-order valence-electron chi connectivity index (χ3n) is 4.35. The van der Waals surface area contributed by atoms with Crippen molar-refractivity contribution in [3.63, 3.8) is 0 Å². The van der Waals surface area contributed by atoms with Crippen LogP contribution in [-0.4, -0.2) is 33.1 Å². The lowest BCUT2D eigenvalue weighted by Crippen LogP contribution is -2.34. The number of aromatic nitrogens is 1. The van der Waals surface area contributed by atoms with Crippen LogP contribution in [0, 0.1) is 5.92 Å². The Bertz CT molecular complexity index is 912. The summed E-state index contributed by atoms with van der Waals surface area (Å²) in [6, 6.07) is 9.72. The van der Waals surface area contributed by atoms with Crippen molar-refractivity contribution in [1.29, 1.82) is 0 Å². The molecule has 8 nitrogen and oxygen atoms in total. The van der Waals surface area contributed by atoms with E-state index in [9.17, 15) is 13.2 Å². The topological polar surface area (TPSA) is 109 Å². The molecule has 1 aromatic heterocycles. The zero-order chi connectivity index (χ0) is 20.0. The number of carbonyl (C=O) groups is 1. The summed E-state index contributed by atoms with van der Waals surface area (Å²) in [7, 11) is -2.15. The molecule has 1 aliphatic carbocycles. The highest BCUT2D eigenvalue weighted by Crippen LogP contribution is 2.29. The summed E-state index contributed by atoms with van der Waals surface area (Å²) >= 11 is 0. The Morgan fingerprint density at radius 3 is 2.54 bits per heavy atom. The molecule has 2 amide bonds. The van der Waals surface area contributed by atoms with E-state index in [4.69, 9.17) is 4.74 Å². The molecule has 2 aromatic rings. The van der Waals surface area contributed by atoms with E-state index in [1.807, 2.05) is 6.07 Å². The molecule has 1 heterocycles. The van der Waals surface area contributed by atoms with Crippen LogP contribution < -0.4 is 20.1 Å². The Kier molecular flexibility index (Phi) is 6.48. The number of pyridine rings is 1. The summed E-state index contributed by atoms with van der Waals surface area (Å²) in [6.45, 7) is 1.25. The van der Waals surface area contributed by atoms with Gasteiger partial charge in [-0.2, -0.15) is 0 Å². The highest BCUT2D eigenvalue weighted by Gasteiger charge is 2.22. The molecule has 9 heteroatoms. The van der Waals surface area contributed by atoms with Gasteiger partial charge >= 0.3 is 6.03 Å². The maximum absolute atomic E-state index is 12.0. The summed E-state index contributed by atoms with van der Waals surface area (Å²) in [5, 5.41) is 5.45. The number of rotatable bonds is 9. The first kappa shape index (κ1) is 20.1. The van der Waals surface area contributed by atoms with E-state index in [0.29, 0.717) is 30.5 Å². The number of hydrogen-bond donors (Lipinski definition) is 3. The first-order valence-electron chi connectivity index (χ1n) is 9.08. The molecule has 1 aliphatic rings. The number of sulfonamides is 1. The van der Waals surface area contributed by atoms with Crippen molar-refractivity contribution in [2.24, 2.45) is 5.92 Å². The second kappa shape index (κ2) is 9.03. The summed E-state index contributed by atoms with van der Waals surface area (Å²) in [6.07, 6.45) is 4.13. The van der Waals surface area contributed by atoms with Gasteiger partial charge in [0.1, 0.15) is 0 Å². The average molecular weight is 404 g/mol. The molecule has 0 unspecified atom stereocenters. The van der Waals surface area contributed by atoms with Crippen LogP contribution >= 0.6 is 0 Å². The Morgan fingerprint density at radius 2 is 1.89 bits per heavy atom.